The van der Waals surface area contributed by atoms with E-state index in [2.05, 4.69) is 10.6 Å². The van der Waals surface area contributed by atoms with E-state index in [4.69, 9.17) is 11.6 Å². The van der Waals surface area contributed by atoms with Gasteiger partial charge in [-0.15, -0.1) is 0 Å². The third-order valence-corrected chi connectivity index (χ3v) is 4.35. The number of hydrogen-bond acceptors (Lipinski definition) is 2. The molecule has 0 aromatic heterocycles. The van der Waals surface area contributed by atoms with Gasteiger partial charge >= 0.3 is 6.18 Å². The summed E-state index contributed by atoms with van der Waals surface area (Å²) in [5, 5.41) is 5.83. The smallest absolute Gasteiger partial charge is 0.326 e. The lowest BCUT2D eigenvalue weighted by Gasteiger charge is -2.20. The maximum absolute atomic E-state index is 12.7. The second kappa shape index (κ2) is 5.18. The number of alkyl halides is 3. The lowest BCUT2D eigenvalue weighted by atomic mass is 9.88. The normalized spacial score (nSPS) is 27.9. The zero-order valence-electron chi connectivity index (χ0n) is 11.0. The minimum Gasteiger partial charge on any atom is -0.326 e. The minimum atomic E-state index is -4.49. The van der Waals surface area contributed by atoms with Crippen LogP contribution in [0.3, 0.4) is 0 Å². The van der Waals surface area contributed by atoms with Crippen LogP contribution in [0.2, 0.25) is 5.02 Å². The summed E-state index contributed by atoms with van der Waals surface area (Å²) in [7, 11) is 0. The van der Waals surface area contributed by atoms with Gasteiger partial charge in [0, 0.05) is 22.8 Å². The van der Waals surface area contributed by atoms with Gasteiger partial charge in [-0.05, 0) is 37.5 Å². The first-order valence-corrected chi connectivity index (χ1v) is 7.15. The van der Waals surface area contributed by atoms with Gasteiger partial charge in [-0.2, -0.15) is 13.2 Å². The summed E-state index contributed by atoms with van der Waals surface area (Å²) in [6, 6.07) is 3.57. The van der Waals surface area contributed by atoms with Crippen molar-refractivity contribution in [3.05, 3.63) is 28.8 Å². The molecule has 1 aromatic carbocycles. The first kappa shape index (κ1) is 14.7. The fraction of sp³-hybridized carbons (Fsp3) is 0.500. The molecule has 1 amide bonds. The molecule has 3 nitrogen and oxygen atoms in total. The maximum Gasteiger partial charge on any atom is 0.416 e. The Balaban J connectivity index is 1.75. The highest BCUT2D eigenvalue weighted by Gasteiger charge is 2.42. The highest BCUT2D eigenvalue weighted by atomic mass is 35.5. The van der Waals surface area contributed by atoms with Crippen LogP contribution in [-0.4, -0.2) is 18.0 Å². The Morgan fingerprint density at radius 2 is 2.05 bits per heavy atom. The predicted octanol–water partition coefficient (Wildman–Crippen LogP) is 3.44. The molecule has 2 aliphatic heterocycles. The van der Waals surface area contributed by atoms with E-state index in [1.165, 1.54) is 6.07 Å². The van der Waals surface area contributed by atoms with Crippen molar-refractivity contribution < 1.29 is 18.0 Å². The summed E-state index contributed by atoms with van der Waals surface area (Å²) < 4.78 is 38.2. The number of rotatable bonds is 2. The molecule has 3 rings (SSSR count). The van der Waals surface area contributed by atoms with Gasteiger partial charge in [0.2, 0.25) is 5.91 Å². The summed E-state index contributed by atoms with van der Waals surface area (Å²) >= 11 is 5.70. The summed E-state index contributed by atoms with van der Waals surface area (Å²) in [6.45, 7) is 0. The molecule has 2 saturated heterocycles. The highest BCUT2D eigenvalue weighted by Crippen LogP contribution is 2.36. The van der Waals surface area contributed by atoms with Crippen molar-refractivity contribution in [1.82, 2.24) is 5.32 Å². The van der Waals surface area contributed by atoms with Crippen LogP contribution in [0.1, 0.15) is 24.8 Å². The van der Waals surface area contributed by atoms with Gasteiger partial charge in [-0.3, -0.25) is 4.79 Å². The van der Waals surface area contributed by atoms with Crippen LogP contribution in [0.5, 0.6) is 0 Å². The van der Waals surface area contributed by atoms with Crippen LogP contribution in [0.4, 0.5) is 18.9 Å². The van der Waals surface area contributed by atoms with Gasteiger partial charge in [0.1, 0.15) is 0 Å². The number of carbonyl (C=O) groups excluding carboxylic acids is 1. The maximum atomic E-state index is 12.7. The summed E-state index contributed by atoms with van der Waals surface area (Å²) in [5.41, 5.74) is -0.779. The van der Waals surface area contributed by atoms with Crippen LogP contribution >= 0.6 is 11.6 Å². The molecule has 2 heterocycles. The number of carbonyl (C=O) groups is 1. The van der Waals surface area contributed by atoms with Crippen LogP contribution in [0.25, 0.3) is 0 Å². The molecule has 3 atom stereocenters. The lowest BCUT2D eigenvalue weighted by Crippen LogP contribution is -2.32. The molecule has 0 radical (unpaired) electrons. The van der Waals surface area contributed by atoms with Crippen molar-refractivity contribution in [1.29, 1.82) is 0 Å². The largest absolute Gasteiger partial charge is 0.416 e. The number of amides is 1. The Bertz CT molecular complexity index is 576. The fourth-order valence-corrected chi connectivity index (χ4v) is 3.41. The molecular weight excluding hydrogens is 305 g/mol. The van der Waals surface area contributed by atoms with Crippen molar-refractivity contribution in [2.45, 2.75) is 37.5 Å². The highest BCUT2D eigenvalue weighted by molar-refractivity contribution is 6.31. The molecular formula is C14H14ClF3N2O. The molecule has 2 aliphatic rings. The quantitative estimate of drug-likeness (QED) is 0.877. The van der Waals surface area contributed by atoms with Crippen molar-refractivity contribution in [2.24, 2.45) is 5.92 Å². The molecule has 114 valence electrons. The third kappa shape index (κ3) is 3.01. The zero-order valence-corrected chi connectivity index (χ0v) is 11.8. The van der Waals surface area contributed by atoms with E-state index >= 15 is 0 Å². The standard InChI is InChI=1S/C14H14ClF3N2O/c15-8-3-7(14(16,17)18)4-10(5-8)20-13(21)11-6-9-1-2-12(11)19-9/h3-5,9,11-12,19H,1-2,6H2,(H,20,21). The fourth-order valence-electron chi connectivity index (χ4n) is 3.17. The number of anilines is 1. The molecule has 1 aromatic rings. The average molecular weight is 319 g/mol. The molecule has 7 heteroatoms. The van der Waals surface area contributed by atoms with E-state index in [1.807, 2.05) is 0 Å². The molecule has 3 unspecified atom stereocenters. The molecule has 2 N–H and O–H groups in total. The average Bonchev–Trinajstić information content (AvgIpc) is 2.99. The number of fused-ring (bicyclic) bond motifs is 2. The van der Waals surface area contributed by atoms with Crippen molar-refractivity contribution in [3.63, 3.8) is 0 Å². The van der Waals surface area contributed by atoms with E-state index in [0.29, 0.717) is 6.04 Å². The minimum absolute atomic E-state index is 0.0498. The molecule has 2 bridgehead atoms. The van der Waals surface area contributed by atoms with Gasteiger partial charge < -0.3 is 10.6 Å². The van der Waals surface area contributed by atoms with Gasteiger partial charge in [0.05, 0.1) is 11.5 Å². The monoisotopic (exact) mass is 318 g/mol. The van der Waals surface area contributed by atoms with Crippen LogP contribution in [0, 0.1) is 5.92 Å². The number of halogens is 4. The molecule has 21 heavy (non-hydrogen) atoms. The van der Waals surface area contributed by atoms with Gasteiger partial charge in [-0.25, -0.2) is 0 Å². The Morgan fingerprint density at radius 3 is 2.62 bits per heavy atom. The Kier molecular flexibility index (Phi) is 3.61. The molecule has 0 spiro atoms. The summed E-state index contributed by atoms with van der Waals surface area (Å²) in [5.74, 6) is -0.429. The van der Waals surface area contributed by atoms with E-state index in [1.54, 1.807) is 0 Å². The Morgan fingerprint density at radius 1 is 1.29 bits per heavy atom. The van der Waals surface area contributed by atoms with Crippen molar-refractivity contribution in [3.8, 4) is 0 Å². The second-order valence-corrected chi connectivity index (χ2v) is 6.04. The predicted molar refractivity (Wildman–Crippen MR) is 73.1 cm³/mol. The van der Waals surface area contributed by atoms with E-state index in [-0.39, 0.29) is 28.6 Å². The van der Waals surface area contributed by atoms with E-state index in [0.717, 1.165) is 31.4 Å². The van der Waals surface area contributed by atoms with E-state index in [9.17, 15) is 18.0 Å². The Hall–Kier alpha value is -1.27. The van der Waals surface area contributed by atoms with Gasteiger partial charge in [-0.1, -0.05) is 11.6 Å². The van der Waals surface area contributed by atoms with Crippen LogP contribution in [0.15, 0.2) is 18.2 Å². The number of benzene rings is 1. The summed E-state index contributed by atoms with van der Waals surface area (Å²) in [6.07, 6.45) is -1.75. The van der Waals surface area contributed by atoms with Gasteiger partial charge in [0.15, 0.2) is 0 Å². The van der Waals surface area contributed by atoms with Crippen molar-refractivity contribution >= 4 is 23.2 Å². The zero-order chi connectivity index (χ0) is 15.2. The van der Waals surface area contributed by atoms with Crippen LogP contribution < -0.4 is 10.6 Å². The topological polar surface area (TPSA) is 41.1 Å². The first-order valence-electron chi connectivity index (χ1n) is 6.77. The van der Waals surface area contributed by atoms with Gasteiger partial charge in [0.25, 0.3) is 0 Å². The third-order valence-electron chi connectivity index (χ3n) is 4.13. The van der Waals surface area contributed by atoms with Crippen LogP contribution in [-0.2, 0) is 11.0 Å². The molecule has 0 aliphatic carbocycles. The van der Waals surface area contributed by atoms with Crippen molar-refractivity contribution in [2.75, 3.05) is 5.32 Å². The second-order valence-electron chi connectivity index (χ2n) is 5.61. The molecule has 0 saturated carbocycles. The SMILES string of the molecule is O=C(Nc1cc(Cl)cc(C(F)(F)F)c1)C1CC2CCC1N2. The molecule has 2 fully saturated rings. The number of hydrogen-bond donors (Lipinski definition) is 2. The number of nitrogens with one attached hydrogen (secondary N) is 2. The van der Waals surface area contributed by atoms with E-state index < -0.39 is 11.7 Å². The summed E-state index contributed by atoms with van der Waals surface area (Å²) in [4.78, 5) is 12.2. The Labute approximate surface area is 124 Å². The lowest BCUT2D eigenvalue weighted by molar-refractivity contribution is -0.137. The first-order chi connectivity index (χ1) is 9.83.